The van der Waals surface area contributed by atoms with Crippen molar-refractivity contribution in [3.05, 3.63) is 0 Å². The van der Waals surface area contributed by atoms with E-state index >= 15 is 0 Å². The van der Waals surface area contributed by atoms with E-state index in [0.717, 1.165) is 10.7 Å². The summed E-state index contributed by atoms with van der Waals surface area (Å²) in [6.45, 7) is 0. The van der Waals surface area contributed by atoms with Crippen molar-refractivity contribution < 1.29 is 1.43 Å². The topological polar surface area (TPSA) is 0 Å². The van der Waals surface area contributed by atoms with Crippen LogP contribution in [0.2, 0.25) is 0 Å². The summed E-state index contributed by atoms with van der Waals surface area (Å²) in [5.41, 5.74) is 0. The third-order valence-corrected chi connectivity index (χ3v) is 1.64. The molecule has 0 amide bonds. The fraction of sp³-hybridized carbons (Fsp3) is 1.00. The molecular formula is C4H10Br2. The zero-order valence-corrected chi connectivity index (χ0v) is 6.76. The number of alkyl halides is 2. The molecule has 0 aliphatic rings. The number of halogens is 2. The highest BCUT2D eigenvalue weighted by Crippen LogP contribution is 1.95. The van der Waals surface area contributed by atoms with E-state index in [2.05, 4.69) is 31.9 Å². The third kappa shape index (κ3) is 4.96. The molecule has 0 aromatic rings. The quantitative estimate of drug-likeness (QED) is 0.505. The first-order valence-corrected chi connectivity index (χ1v) is 4.28. The second-order valence-corrected chi connectivity index (χ2v) is 2.67. The van der Waals surface area contributed by atoms with Gasteiger partial charge in [0, 0.05) is 12.1 Å². The van der Waals surface area contributed by atoms with E-state index in [9.17, 15) is 0 Å². The zero-order chi connectivity index (χ0) is 4.83. The van der Waals surface area contributed by atoms with Crippen LogP contribution >= 0.6 is 31.9 Å². The predicted molar refractivity (Wildman–Crippen MR) is 38.9 cm³/mol. The lowest BCUT2D eigenvalue weighted by Gasteiger charge is -1.83. The Morgan fingerprint density at radius 2 is 1.33 bits per heavy atom. The Hall–Kier alpha value is 0.960. The van der Waals surface area contributed by atoms with E-state index in [-0.39, 0.29) is 1.43 Å². The lowest BCUT2D eigenvalue weighted by molar-refractivity contribution is 0.919. The van der Waals surface area contributed by atoms with Gasteiger partial charge in [0.15, 0.2) is 0 Å². The molecule has 0 bridgehead atoms. The van der Waals surface area contributed by atoms with Gasteiger partial charge < -0.3 is 0 Å². The molecule has 0 radical (unpaired) electrons. The van der Waals surface area contributed by atoms with Gasteiger partial charge in [-0.2, -0.15) is 0 Å². The maximum Gasteiger partial charge on any atom is 0.00315 e. The van der Waals surface area contributed by atoms with Crippen molar-refractivity contribution in [3.63, 3.8) is 0 Å². The molecular weight excluding hydrogens is 208 g/mol. The fourth-order valence-electron chi connectivity index (χ4n) is 0.189. The van der Waals surface area contributed by atoms with Gasteiger partial charge in [-0.1, -0.05) is 31.9 Å². The second-order valence-electron chi connectivity index (χ2n) is 1.09. The van der Waals surface area contributed by atoms with Crippen molar-refractivity contribution in [3.8, 4) is 0 Å². The normalized spacial score (nSPS) is 9.00. The summed E-state index contributed by atoms with van der Waals surface area (Å²) in [5, 5.41) is 2.28. The van der Waals surface area contributed by atoms with Crippen LogP contribution in [0.5, 0.6) is 0 Å². The van der Waals surface area contributed by atoms with E-state index < -0.39 is 0 Å². The summed E-state index contributed by atoms with van der Waals surface area (Å²) < 4.78 is 0. The average Bonchev–Trinajstić information content (AvgIpc) is 1.61. The number of hydrogen-bond donors (Lipinski definition) is 0. The molecule has 0 aromatic carbocycles. The van der Waals surface area contributed by atoms with Crippen LogP contribution in [0.4, 0.5) is 0 Å². The molecule has 0 saturated carbocycles. The Morgan fingerprint density at radius 3 is 1.50 bits per heavy atom. The van der Waals surface area contributed by atoms with Crippen LogP contribution in [0.25, 0.3) is 0 Å². The van der Waals surface area contributed by atoms with E-state index in [1.165, 1.54) is 12.8 Å². The molecule has 0 saturated heterocycles. The van der Waals surface area contributed by atoms with Crippen LogP contribution in [-0.4, -0.2) is 10.7 Å². The van der Waals surface area contributed by atoms with Crippen molar-refractivity contribution in [1.29, 1.82) is 0 Å². The molecule has 0 heterocycles. The molecule has 0 rings (SSSR count). The molecule has 0 N–H and O–H groups in total. The van der Waals surface area contributed by atoms with Crippen molar-refractivity contribution in [2.45, 2.75) is 12.8 Å². The minimum Gasteiger partial charge on any atom is -0.0928 e. The van der Waals surface area contributed by atoms with Crippen molar-refractivity contribution in [1.82, 2.24) is 0 Å². The molecule has 0 unspecified atom stereocenters. The lowest BCUT2D eigenvalue weighted by atomic mass is 10.4. The third-order valence-electron chi connectivity index (χ3n) is 0.517. The van der Waals surface area contributed by atoms with Crippen LogP contribution in [0.1, 0.15) is 14.3 Å². The first-order valence-electron chi connectivity index (χ1n) is 2.03. The summed E-state index contributed by atoms with van der Waals surface area (Å²) in [4.78, 5) is 0. The summed E-state index contributed by atoms with van der Waals surface area (Å²) in [6.07, 6.45) is 2.57. The molecule has 6 heavy (non-hydrogen) atoms. The van der Waals surface area contributed by atoms with E-state index in [1.807, 2.05) is 0 Å². The Balaban J connectivity index is 0. The molecule has 0 aromatic heterocycles. The molecule has 0 spiro atoms. The summed E-state index contributed by atoms with van der Waals surface area (Å²) >= 11 is 6.66. The Labute approximate surface area is 57.1 Å². The number of hydrogen-bond acceptors (Lipinski definition) is 0. The average molecular weight is 219 g/mol. The maximum absolute atomic E-state index is 3.33. The lowest BCUT2D eigenvalue weighted by Crippen LogP contribution is -1.73. The van der Waals surface area contributed by atoms with Crippen LogP contribution in [-0.2, 0) is 0 Å². The molecule has 0 aliphatic heterocycles. The molecule has 0 nitrogen and oxygen atoms in total. The Morgan fingerprint density at radius 1 is 1.00 bits per heavy atom. The highest BCUT2D eigenvalue weighted by molar-refractivity contribution is 9.09. The van der Waals surface area contributed by atoms with E-state index in [4.69, 9.17) is 0 Å². The SMILES string of the molecule is BrCCCCBr.[2HH]. The van der Waals surface area contributed by atoms with Gasteiger partial charge in [0.25, 0.3) is 0 Å². The van der Waals surface area contributed by atoms with Crippen LogP contribution < -0.4 is 0 Å². The van der Waals surface area contributed by atoms with Gasteiger partial charge >= 0.3 is 0 Å². The van der Waals surface area contributed by atoms with Gasteiger partial charge in [0.1, 0.15) is 0 Å². The van der Waals surface area contributed by atoms with Crippen LogP contribution in [0, 0.1) is 0 Å². The monoisotopic (exact) mass is 217 g/mol. The smallest absolute Gasteiger partial charge is 0.00315 e. The fourth-order valence-corrected chi connectivity index (χ4v) is 0.982. The van der Waals surface area contributed by atoms with Gasteiger partial charge in [-0.05, 0) is 12.8 Å². The second kappa shape index (κ2) is 5.96. The first kappa shape index (κ1) is 6.96. The minimum absolute atomic E-state index is 0. The number of rotatable bonds is 3. The zero-order valence-electron chi connectivity index (χ0n) is 3.58. The Bertz CT molecular complexity index is 21.7. The Kier molecular flexibility index (Phi) is 6.91. The van der Waals surface area contributed by atoms with Crippen LogP contribution in [0.15, 0.2) is 0 Å². The maximum atomic E-state index is 3.33. The minimum atomic E-state index is 0. The molecule has 0 atom stereocenters. The molecule has 0 fully saturated rings. The highest BCUT2D eigenvalue weighted by atomic mass is 79.9. The van der Waals surface area contributed by atoms with Gasteiger partial charge in [0.2, 0.25) is 0 Å². The van der Waals surface area contributed by atoms with Crippen molar-refractivity contribution in [2.75, 3.05) is 10.7 Å². The van der Waals surface area contributed by atoms with Gasteiger partial charge in [-0.15, -0.1) is 0 Å². The number of unbranched alkanes of at least 4 members (excludes halogenated alkanes) is 1. The molecule has 40 valence electrons. The summed E-state index contributed by atoms with van der Waals surface area (Å²) in [6, 6.07) is 0. The van der Waals surface area contributed by atoms with Crippen molar-refractivity contribution in [2.24, 2.45) is 0 Å². The molecule has 2 heteroatoms. The highest BCUT2D eigenvalue weighted by Gasteiger charge is 1.77. The van der Waals surface area contributed by atoms with Gasteiger partial charge in [-0.3, -0.25) is 0 Å². The first-order chi connectivity index (χ1) is 2.91. The largest absolute Gasteiger partial charge is 0.0928 e. The summed E-state index contributed by atoms with van der Waals surface area (Å²) in [7, 11) is 0. The van der Waals surface area contributed by atoms with Gasteiger partial charge in [0.05, 0.1) is 0 Å². The molecule has 0 aliphatic carbocycles. The summed E-state index contributed by atoms with van der Waals surface area (Å²) in [5.74, 6) is 0. The van der Waals surface area contributed by atoms with Crippen LogP contribution in [0.3, 0.4) is 0 Å². The van der Waals surface area contributed by atoms with E-state index in [0.29, 0.717) is 0 Å². The predicted octanol–water partition coefficient (Wildman–Crippen LogP) is 2.80. The standard InChI is InChI=1S/C4H8Br2.H2/c5-3-1-2-4-6;/h1-4H2;1H/i;1+1. The van der Waals surface area contributed by atoms with Crippen molar-refractivity contribution >= 4 is 31.9 Å². The van der Waals surface area contributed by atoms with E-state index in [1.54, 1.807) is 0 Å². The van der Waals surface area contributed by atoms with Gasteiger partial charge in [-0.25, -0.2) is 0 Å².